The Morgan fingerprint density at radius 2 is 1.71 bits per heavy atom. The first-order chi connectivity index (χ1) is 14.8. The van der Waals surface area contributed by atoms with Gasteiger partial charge in [0.1, 0.15) is 0 Å². The molecule has 0 unspecified atom stereocenters. The van der Waals surface area contributed by atoms with Gasteiger partial charge in [-0.15, -0.1) is 0 Å². The van der Waals surface area contributed by atoms with Crippen molar-refractivity contribution < 1.29 is 19.3 Å². The van der Waals surface area contributed by atoms with E-state index < -0.39 is 22.6 Å². The quantitative estimate of drug-likeness (QED) is 0.332. The van der Waals surface area contributed by atoms with E-state index in [0.717, 1.165) is 0 Å². The second-order valence-electron chi connectivity index (χ2n) is 6.47. The first-order valence-corrected chi connectivity index (χ1v) is 10.0. The molecule has 0 aliphatic carbocycles. The largest absolute Gasteiger partial charge is 0.322 e. The predicted octanol–water partition coefficient (Wildman–Crippen LogP) is 4.54. The number of nitro benzene ring substituents is 1. The first kappa shape index (κ1) is 20.6. The van der Waals surface area contributed by atoms with Crippen LogP contribution in [-0.4, -0.2) is 22.6 Å². The monoisotopic (exact) mass is 453 g/mol. The molecule has 8 nitrogen and oxygen atoms in total. The second kappa shape index (κ2) is 8.21. The molecule has 10 heteroatoms. The van der Waals surface area contributed by atoms with Gasteiger partial charge in [-0.25, -0.2) is 0 Å². The molecule has 154 valence electrons. The highest BCUT2D eigenvalue weighted by molar-refractivity contribution is 7.99. The molecule has 1 aliphatic rings. The second-order valence-corrected chi connectivity index (χ2v) is 7.96. The van der Waals surface area contributed by atoms with Crippen LogP contribution < -0.4 is 10.6 Å². The lowest BCUT2D eigenvalue weighted by Crippen LogP contribution is -2.19. The van der Waals surface area contributed by atoms with Crippen LogP contribution in [0.2, 0.25) is 5.02 Å². The molecule has 0 atom stereocenters. The molecule has 31 heavy (non-hydrogen) atoms. The van der Waals surface area contributed by atoms with Crippen molar-refractivity contribution in [3.05, 3.63) is 92.5 Å². The average Bonchev–Trinajstić information content (AvgIpc) is 3.02. The summed E-state index contributed by atoms with van der Waals surface area (Å²) in [5, 5.41) is 16.0. The maximum absolute atomic E-state index is 12.9. The van der Waals surface area contributed by atoms with Crippen molar-refractivity contribution in [1.29, 1.82) is 0 Å². The predicted molar refractivity (Wildman–Crippen MR) is 115 cm³/mol. The summed E-state index contributed by atoms with van der Waals surface area (Å²) in [7, 11) is 0. The van der Waals surface area contributed by atoms with E-state index in [0.29, 0.717) is 21.0 Å². The third-order valence-corrected chi connectivity index (χ3v) is 6.05. The van der Waals surface area contributed by atoms with Crippen molar-refractivity contribution in [1.82, 2.24) is 5.32 Å². The zero-order chi connectivity index (χ0) is 22.1. The van der Waals surface area contributed by atoms with Gasteiger partial charge in [-0.05, 0) is 36.4 Å². The highest BCUT2D eigenvalue weighted by Crippen LogP contribution is 2.37. The lowest BCUT2D eigenvalue weighted by atomic mass is 10.1. The Labute approximate surface area is 184 Å². The number of halogens is 1. The summed E-state index contributed by atoms with van der Waals surface area (Å²) in [6.45, 7) is 0. The molecule has 0 saturated heterocycles. The molecule has 2 N–H and O–H groups in total. The Balaban J connectivity index is 1.58. The number of fused-ring (bicyclic) bond motifs is 1. The standard InChI is InChI=1S/C21H12ClN3O5S/c22-16-10-12(25(29)30)6-8-18(16)31-17-4-2-1-3-14(17)20(27)23-11-5-7-13-15(9-11)21(28)24-19(13)26/h1-10H,(H,23,27)(H,24,26,28). The molecule has 0 bridgehead atoms. The number of hydrogen-bond donors (Lipinski definition) is 2. The molecular formula is C21H12ClN3O5S. The van der Waals surface area contributed by atoms with Gasteiger partial charge in [0.25, 0.3) is 23.4 Å². The molecule has 3 aromatic rings. The summed E-state index contributed by atoms with van der Waals surface area (Å²) in [4.78, 5) is 47.9. The van der Waals surface area contributed by atoms with E-state index in [1.165, 1.54) is 48.2 Å². The maximum atomic E-state index is 12.9. The Morgan fingerprint density at radius 1 is 0.968 bits per heavy atom. The van der Waals surface area contributed by atoms with Crippen LogP contribution in [0.15, 0.2) is 70.5 Å². The van der Waals surface area contributed by atoms with Gasteiger partial charge in [-0.3, -0.25) is 29.8 Å². The number of nitrogens with zero attached hydrogens (tertiary/aromatic N) is 1. The first-order valence-electron chi connectivity index (χ1n) is 8.85. The van der Waals surface area contributed by atoms with E-state index in [2.05, 4.69) is 10.6 Å². The number of benzene rings is 3. The van der Waals surface area contributed by atoms with Crippen LogP contribution in [0, 0.1) is 10.1 Å². The van der Waals surface area contributed by atoms with Gasteiger partial charge in [0.05, 0.1) is 26.6 Å². The number of carbonyl (C=O) groups excluding carboxylic acids is 3. The number of amides is 3. The van der Waals surface area contributed by atoms with E-state index in [1.807, 2.05) is 0 Å². The van der Waals surface area contributed by atoms with E-state index in [1.54, 1.807) is 24.3 Å². The molecule has 4 rings (SSSR count). The van der Waals surface area contributed by atoms with Crippen LogP contribution in [0.25, 0.3) is 0 Å². The Hall–Kier alpha value is -3.69. The third kappa shape index (κ3) is 4.14. The zero-order valence-corrected chi connectivity index (χ0v) is 17.1. The molecule has 3 aromatic carbocycles. The van der Waals surface area contributed by atoms with Crippen LogP contribution in [0.3, 0.4) is 0 Å². The van der Waals surface area contributed by atoms with Crippen LogP contribution in [-0.2, 0) is 0 Å². The van der Waals surface area contributed by atoms with Crippen LogP contribution in [0.4, 0.5) is 11.4 Å². The SMILES string of the molecule is O=C(Nc1ccc2c(c1)C(=O)NC2=O)c1ccccc1Sc1ccc([N+](=O)[O-])cc1Cl. The Morgan fingerprint density at radius 3 is 2.45 bits per heavy atom. The molecule has 0 radical (unpaired) electrons. The minimum absolute atomic E-state index is 0.125. The van der Waals surface area contributed by atoms with Crippen molar-refractivity contribution in [2.45, 2.75) is 9.79 Å². The molecule has 0 saturated carbocycles. The smallest absolute Gasteiger partial charge is 0.270 e. The molecular weight excluding hydrogens is 442 g/mol. The van der Waals surface area contributed by atoms with E-state index in [9.17, 15) is 24.5 Å². The van der Waals surface area contributed by atoms with Crippen LogP contribution in [0.1, 0.15) is 31.1 Å². The minimum atomic E-state index is -0.536. The number of nitro groups is 1. The third-order valence-electron chi connectivity index (χ3n) is 4.47. The van der Waals surface area contributed by atoms with Gasteiger partial charge in [0, 0.05) is 27.6 Å². The van der Waals surface area contributed by atoms with Crippen LogP contribution in [0.5, 0.6) is 0 Å². The number of imide groups is 1. The molecule has 0 fully saturated rings. The summed E-state index contributed by atoms with van der Waals surface area (Å²) in [6, 6.07) is 15.4. The number of anilines is 1. The highest BCUT2D eigenvalue weighted by atomic mass is 35.5. The maximum Gasteiger partial charge on any atom is 0.270 e. The van der Waals surface area contributed by atoms with Gasteiger partial charge in [0.2, 0.25) is 0 Å². The summed E-state index contributed by atoms with van der Waals surface area (Å²) >= 11 is 7.37. The molecule has 0 aromatic heterocycles. The molecule has 1 heterocycles. The Bertz CT molecular complexity index is 1280. The van der Waals surface area contributed by atoms with E-state index in [-0.39, 0.29) is 21.8 Å². The number of hydrogen-bond acceptors (Lipinski definition) is 6. The summed E-state index contributed by atoms with van der Waals surface area (Å²) in [5.41, 5.74) is 1.04. The lowest BCUT2D eigenvalue weighted by Gasteiger charge is -2.11. The minimum Gasteiger partial charge on any atom is -0.322 e. The van der Waals surface area contributed by atoms with Crippen LogP contribution >= 0.6 is 23.4 Å². The number of non-ortho nitro benzene ring substituents is 1. The molecule has 1 aliphatic heterocycles. The number of rotatable bonds is 5. The highest BCUT2D eigenvalue weighted by Gasteiger charge is 2.27. The summed E-state index contributed by atoms with van der Waals surface area (Å²) in [6.07, 6.45) is 0. The fourth-order valence-corrected chi connectivity index (χ4v) is 4.23. The van der Waals surface area contributed by atoms with Crippen molar-refractivity contribution in [3.8, 4) is 0 Å². The van der Waals surface area contributed by atoms with E-state index >= 15 is 0 Å². The Kier molecular flexibility index (Phi) is 5.45. The van der Waals surface area contributed by atoms with Gasteiger partial charge < -0.3 is 5.32 Å². The van der Waals surface area contributed by atoms with E-state index in [4.69, 9.17) is 11.6 Å². The molecule has 0 spiro atoms. The average molecular weight is 454 g/mol. The normalized spacial score (nSPS) is 12.3. The van der Waals surface area contributed by atoms with Gasteiger partial charge >= 0.3 is 0 Å². The summed E-state index contributed by atoms with van der Waals surface area (Å²) in [5.74, 6) is -1.41. The van der Waals surface area contributed by atoms with Gasteiger partial charge in [-0.2, -0.15) is 0 Å². The van der Waals surface area contributed by atoms with Crippen molar-refractivity contribution >= 4 is 52.5 Å². The van der Waals surface area contributed by atoms with Gasteiger partial charge in [0.15, 0.2) is 0 Å². The van der Waals surface area contributed by atoms with Gasteiger partial charge in [-0.1, -0.05) is 35.5 Å². The van der Waals surface area contributed by atoms with Crippen molar-refractivity contribution in [2.24, 2.45) is 0 Å². The fourth-order valence-electron chi connectivity index (χ4n) is 2.99. The number of nitrogens with one attached hydrogen (secondary N) is 2. The van der Waals surface area contributed by atoms with Crippen molar-refractivity contribution in [2.75, 3.05) is 5.32 Å². The zero-order valence-electron chi connectivity index (χ0n) is 15.5. The topological polar surface area (TPSA) is 118 Å². The van der Waals surface area contributed by atoms with Crippen molar-refractivity contribution in [3.63, 3.8) is 0 Å². The fraction of sp³-hybridized carbons (Fsp3) is 0. The number of carbonyl (C=O) groups is 3. The molecule has 3 amide bonds. The lowest BCUT2D eigenvalue weighted by molar-refractivity contribution is -0.384. The summed E-state index contributed by atoms with van der Waals surface area (Å²) < 4.78 is 0.